The molecule has 1 aromatic rings. The first-order chi connectivity index (χ1) is 6.38. The van der Waals surface area contributed by atoms with E-state index in [9.17, 15) is 0 Å². The Morgan fingerprint density at radius 2 is 2.43 bits per heavy atom. The Morgan fingerprint density at radius 3 is 3.00 bits per heavy atom. The van der Waals surface area contributed by atoms with Crippen molar-refractivity contribution in [2.75, 3.05) is 13.1 Å². The molecule has 1 atom stereocenters. The lowest BCUT2D eigenvalue weighted by Crippen LogP contribution is -2.10. The highest BCUT2D eigenvalue weighted by Crippen LogP contribution is 2.13. The van der Waals surface area contributed by atoms with E-state index in [4.69, 9.17) is 4.52 Å². The van der Waals surface area contributed by atoms with Crippen LogP contribution in [0, 0.1) is 5.92 Å². The van der Waals surface area contributed by atoms with Crippen LogP contribution in [0.2, 0.25) is 0 Å². The fraction of sp³-hybridized carbons (Fsp3) is 0.778. The van der Waals surface area contributed by atoms with Gasteiger partial charge in [-0.2, -0.15) is 4.98 Å². The van der Waals surface area contributed by atoms with Gasteiger partial charge in [-0.15, -0.1) is 12.4 Å². The minimum atomic E-state index is 0. The third kappa shape index (κ3) is 2.69. The third-order valence-electron chi connectivity index (χ3n) is 2.45. The average molecular weight is 218 g/mol. The molecule has 0 spiro atoms. The first-order valence-corrected chi connectivity index (χ1v) is 4.90. The minimum Gasteiger partial charge on any atom is -0.339 e. The van der Waals surface area contributed by atoms with Gasteiger partial charge in [0.2, 0.25) is 5.89 Å². The van der Waals surface area contributed by atoms with Crippen molar-refractivity contribution in [2.45, 2.75) is 26.2 Å². The van der Waals surface area contributed by atoms with E-state index >= 15 is 0 Å². The Kier molecular flexibility index (Phi) is 4.35. The molecule has 80 valence electrons. The maximum absolute atomic E-state index is 5.13. The first kappa shape index (κ1) is 11.5. The van der Waals surface area contributed by atoms with Crippen molar-refractivity contribution >= 4 is 12.4 Å². The van der Waals surface area contributed by atoms with Gasteiger partial charge in [0.15, 0.2) is 5.82 Å². The van der Waals surface area contributed by atoms with E-state index in [1.165, 1.54) is 6.42 Å². The number of halogens is 1. The summed E-state index contributed by atoms with van der Waals surface area (Å²) < 4.78 is 5.13. The molecule has 1 fully saturated rings. The summed E-state index contributed by atoms with van der Waals surface area (Å²) in [5, 5.41) is 7.19. The van der Waals surface area contributed by atoms with Gasteiger partial charge in [0.1, 0.15) is 0 Å². The number of rotatable bonds is 3. The molecule has 5 heteroatoms. The molecule has 0 aromatic carbocycles. The van der Waals surface area contributed by atoms with Crippen LogP contribution in [-0.2, 0) is 12.8 Å². The van der Waals surface area contributed by atoms with E-state index in [0.29, 0.717) is 5.92 Å². The van der Waals surface area contributed by atoms with Crippen molar-refractivity contribution in [1.82, 2.24) is 15.5 Å². The van der Waals surface area contributed by atoms with Crippen molar-refractivity contribution in [3.63, 3.8) is 0 Å². The van der Waals surface area contributed by atoms with Gasteiger partial charge in [-0.25, -0.2) is 0 Å². The molecule has 1 saturated heterocycles. The highest BCUT2D eigenvalue weighted by atomic mass is 35.5. The first-order valence-electron chi connectivity index (χ1n) is 4.90. The van der Waals surface area contributed by atoms with Gasteiger partial charge in [0.25, 0.3) is 0 Å². The number of nitrogens with one attached hydrogen (secondary N) is 1. The molecule has 1 aromatic heterocycles. The molecule has 0 bridgehead atoms. The topological polar surface area (TPSA) is 51.0 Å². The van der Waals surface area contributed by atoms with Gasteiger partial charge in [-0.05, 0) is 25.4 Å². The van der Waals surface area contributed by atoms with Crippen molar-refractivity contribution < 1.29 is 4.52 Å². The Labute approximate surface area is 89.9 Å². The van der Waals surface area contributed by atoms with Crippen LogP contribution in [0.25, 0.3) is 0 Å². The largest absolute Gasteiger partial charge is 0.339 e. The van der Waals surface area contributed by atoms with Gasteiger partial charge in [-0.1, -0.05) is 12.1 Å². The molecule has 14 heavy (non-hydrogen) atoms. The lowest BCUT2D eigenvalue weighted by Gasteiger charge is -2.01. The average Bonchev–Trinajstić information content (AvgIpc) is 2.76. The minimum absolute atomic E-state index is 0. The predicted molar refractivity (Wildman–Crippen MR) is 55.6 cm³/mol. The third-order valence-corrected chi connectivity index (χ3v) is 2.45. The second-order valence-corrected chi connectivity index (χ2v) is 3.52. The normalized spacial score (nSPS) is 20.8. The van der Waals surface area contributed by atoms with Gasteiger partial charge < -0.3 is 9.84 Å². The standard InChI is InChI=1S/C9H15N3O.ClH/c1-2-8-11-9(13-12-8)5-7-3-4-10-6-7;/h7,10H,2-6H2,1H3;1H/t7-;/m0./s1. The van der Waals surface area contributed by atoms with Crippen LogP contribution in [0.5, 0.6) is 0 Å². The summed E-state index contributed by atoms with van der Waals surface area (Å²) in [6, 6.07) is 0. The maximum Gasteiger partial charge on any atom is 0.226 e. The molecule has 2 heterocycles. The molecule has 1 aliphatic heterocycles. The van der Waals surface area contributed by atoms with Crippen molar-refractivity contribution in [3.8, 4) is 0 Å². The Balaban J connectivity index is 0.000000980. The van der Waals surface area contributed by atoms with Gasteiger partial charge >= 0.3 is 0 Å². The van der Waals surface area contributed by atoms with Crippen LogP contribution >= 0.6 is 12.4 Å². The smallest absolute Gasteiger partial charge is 0.226 e. The van der Waals surface area contributed by atoms with Crippen LogP contribution in [-0.4, -0.2) is 23.2 Å². The molecule has 0 amide bonds. The second-order valence-electron chi connectivity index (χ2n) is 3.52. The van der Waals surface area contributed by atoms with E-state index in [1.54, 1.807) is 0 Å². The Bertz CT molecular complexity index is 271. The zero-order valence-corrected chi connectivity index (χ0v) is 9.14. The highest BCUT2D eigenvalue weighted by Gasteiger charge is 2.17. The number of nitrogens with zero attached hydrogens (tertiary/aromatic N) is 2. The van der Waals surface area contributed by atoms with E-state index in [2.05, 4.69) is 15.5 Å². The Hall–Kier alpha value is -0.610. The summed E-state index contributed by atoms with van der Waals surface area (Å²) in [6.45, 7) is 4.25. The molecule has 4 nitrogen and oxygen atoms in total. The van der Waals surface area contributed by atoms with E-state index in [0.717, 1.165) is 37.6 Å². The Morgan fingerprint density at radius 1 is 1.57 bits per heavy atom. The number of aryl methyl sites for hydroxylation is 1. The van der Waals surface area contributed by atoms with Crippen LogP contribution < -0.4 is 5.32 Å². The number of aromatic nitrogens is 2. The van der Waals surface area contributed by atoms with Gasteiger partial charge in [0, 0.05) is 12.8 Å². The van der Waals surface area contributed by atoms with Gasteiger partial charge in [-0.3, -0.25) is 0 Å². The fourth-order valence-corrected chi connectivity index (χ4v) is 1.65. The van der Waals surface area contributed by atoms with Crippen LogP contribution in [0.4, 0.5) is 0 Å². The fourth-order valence-electron chi connectivity index (χ4n) is 1.65. The molecule has 0 radical (unpaired) electrons. The van der Waals surface area contributed by atoms with E-state index in [-0.39, 0.29) is 12.4 Å². The van der Waals surface area contributed by atoms with Crippen LogP contribution in [0.1, 0.15) is 25.1 Å². The lowest BCUT2D eigenvalue weighted by atomic mass is 10.1. The summed E-state index contributed by atoms with van der Waals surface area (Å²) >= 11 is 0. The van der Waals surface area contributed by atoms with Crippen molar-refractivity contribution in [1.29, 1.82) is 0 Å². The van der Waals surface area contributed by atoms with Gasteiger partial charge in [0.05, 0.1) is 0 Å². The maximum atomic E-state index is 5.13. The van der Waals surface area contributed by atoms with Crippen molar-refractivity contribution in [2.24, 2.45) is 5.92 Å². The predicted octanol–water partition coefficient (Wildman–Crippen LogP) is 1.21. The van der Waals surface area contributed by atoms with E-state index < -0.39 is 0 Å². The molecule has 0 aliphatic carbocycles. The van der Waals surface area contributed by atoms with Crippen molar-refractivity contribution in [3.05, 3.63) is 11.7 Å². The van der Waals surface area contributed by atoms with E-state index in [1.807, 2.05) is 6.92 Å². The summed E-state index contributed by atoms with van der Waals surface area (Å²) in [5.41, 5.74) is 0. The molecule has 0 unspecified atom stereocenters. The zero-order chi connectivity index (χ0) is 9.10. The second kappa shape index (κ2) is 5.32. The quantitative estimate of drug-likeness (QED) is 0.827. The number of hydrogen-bond acceptors (Lipinski definition) is 4. The molecule has 1 N–H and O–H groups in total. The van der Waals surface area contributed by atoms with Crippen LogP contribution in [0.15, 0.2) is 4.52 Å². The molecular formula is C9H16ClN3O. The lowest BCUT2D eigenvalue weighted by molar-refractivity contribution is 0.354. The molecular weight excluding hydrogens is 202 g/mol. The molecule has 0 saturated carbocycles. The zero-order valence-electron chi connectivity index (χ0n) is 8.32. The summed E-state index contributed by atoms with van der Waals surface area (Å²) in [6.07, 6.45) is 3.01. The SMILES string of the molecule is CCc1noc(C[C@@H]2CCNC2)n1.Cl. The van der Waals surface area contributed by atoms with Crippen LogP contribution in [0.3, 0.4) is 0 Å². The summed E-state index contributed by atoms with van der Waals surface area (Å²) in [7, 11) is 0. The number of hydrogen-bond donors (Lipinski definition) is 1. The monoisotopic (exact) mass is 217 g/mol. The molecule has 1 aliphatic rings. The summed E-state index contributed by atoms with van der Waals surface area (Å²) in [5.74, 6) is 2.30. The molecule has 2 rings (SSSR count). The highest BCUT2D eigenvalue weighted by molar-refractivity contribution is 5.85. The summed E-state index contributed by atoms with van der Waals surface area (Å²) in [4.78, 5) is 4.29.